The second-order valence-electron chi connectivity index (χ2n) is 4.94. The Balaban J connectivity index is 1.75. The third-order valence-electron chi connectivity index (χ3n) is 3.64. The van der Waals surface area contributed by atoms with Gasteiger partial charge >= 0.3 is 0 Å². The van der Waals surface area contributed by atoms with Crippen LogP contribution in [0.15, 0.2) is 24.3 Å². The highest BCUT2D eigenvalue weighted by molar-refractivity contribution is 6.63. The lowest BCUT2D eigenvalue weighted by Crippen LogP contribution is -2.24. The average Bonchev–Trinajstić information content (AvgIpc) is 2.46. The van der Waals surface area contributed by atoms with E-state index in [2.05, 4.69) is 0 Å². The van der Waals surface area contributed by atoms with E-state index < -0.39 is 0 Å². The summed E-state index contributed by atoms with van der Waals surface area (Å²) in [5.41, 5.74) is 1.14. The first kappa shape index (κ1) is 14.4. The SMILES string of the molecule is COc1ccc(CO[C@H]2CC[C@H](C(=O)Cl)CC2)cc1. The number of ether oxygens (including phenoxy) is 2. The van der Waals surface area contributed by atoms with Crippen molar-refractivity contribution >= 4 is 16.8 Å². The van der Waals surface area contributed by atoms with Crippen LogP contribution in [0, 0.1) is 5.92 Å². The monoisotopic (exact) mass is 282 g/mol. The van der Waals surface area contributed by atoms with Crippen LogP contribution in [-0.2, 0) is 16.1 Å². The van der Waals surface area contributed by atoms with Crippen LogP contribution in [-0.4, -0.2) is 18.5 Å². The summed E-state index contributed by atoms with van der Waals surface area (Å²) in [7, 11) is 1.65. The second kappa shape index (κ2) is 6.92. The summed E-state index contributed by atoms with van der Waals surface area (Å²) >= 11 is 5.51. The number of methoxy groups -OCH3 is 1. The zero-order valence-corrected chi connectivity index (χ0v) is 11.9. The predicted molar refractivity (Wildman–Crippen MR) is 74.4 cm³/mol. The van der Waals surface area contributed by atoms with E-state index in [1.165, 1.54) is 0 Å². The topological polar surface area (TPSA) is 35.5 Å². The van der Waals surface area contributed by atoms with Gasteiger partial charge in [0.1, 0.15) is 5.75 Å². The lowest BCUT2D eigenvalue weighted by Gasteiger charge is -2.26. The zero-order valence-electron chi connectivity index (χ0n) is 11.1. The van der Waals surface area contributed by atoms with Crippen LogP contribution >= 0.6 is 11.6 Å². The van der Waals surface area contributed by atoms with Crippen LogP contribution in [0.2, 0.25) is 0 Å². The summed E-state index contributed by atoms with van der Waals surface area (Å²) in [6, 6.07) is 7.88. The molecule has 1 aromatic rings. The van der Waals surface area contributed by atoms with E-state index in [4.69, 9.17) is 21.1 Å². The quantitative estimate of drug-likeness (QED) is 0.775. The number of carbonyl (C=O) groups is 1. The maximum atomic E-state index is 11.1. The number of carbonyl (C=O) groups excluding carboxylic acids is 1. The van der Waals surface area contributed by atoms with E-state index >= 15 is 0 Å². The van der Waals surface area contributed by atoms with Gasteiger partial charge in [-0.25, -0.2) is 0 Å². The van der Waals surface area contributed by atoms with E-state index in [0.29, 0.717) is 6.61 Å². The normalized spacial score (nSPS) is 23.1. The van der Waals surface area contributed by atoms with Gasteiger partial charge in [0.15, 0.2) is 0 Å². The van der Waals surface area contributed by atoms with Gasteiger partial charge in [-0.05, 0) is 55.0 Å². The Labute approximate surface area is 118 Å². The van der Waals surface area contributed by atoms with Crippen LogP contribution in [0.5, 0.6) is 5.75 Å². The second-order valence-corrected chi connectivity index (χ2v) is 5.31. The Morgan fingerprint density at radius 2 is 1.84 bits per heavy atom. The van der Waals surface area contributed by atoms with Crippen LogP contribution in [0.1, 0.15) is 31.2 Å². The smallest absolute Gasteiger partial charge is 0.224 e. The molecule has 1 aromatic carbocycles. The van der Waals surface area contributed by atoms with Crippen LogP contribution in [0.3, 0.4) is 0 Å². The molecule has 0 aliphatic heterocycles. The maximum absolute atomic E-state index is 11.1. The minimum Gasteiger partial charge on any atom is -0.497 e. The van der Waals surface area contributed by atoms with Crippen molar-refractivity contribution in [3.63, 3.8) is 0 Å². The van der Waals surface area contributed by atoms with E-state index in [1.54, 1.807) is 7.11 Å². The Kier molecular flexibility index (Phi) is 5.23. The van der Waals surface area contributed by atoms with Crippen LogP contribution in [0.25, 0.3) is 0 Å². The lowest BCUT2D eigenvalue weighted by molar-refractivity contribution is -0.117. The molecule has 1 fully saturated rings. The molecule has 3 nitrogen and oxygen atoms in total. The first-order chi connectivity index (χ1) is 9.19. The molecule has 0 atom stereocenters. The van der Waals surface area contributed by atoms with Crippen molar-refractivity contribution in [2.45, 2.75) is 38.4 Å². The molecule has 0 spiro atoms. The molecule has 0 saturated heterocycles. The van der Waals surface area contributed by atoms with Gasteiger partial charge in [-0.15, -0.1) is 0 Å². The molecule has 0 amide bonds. The standard InChI is InChI=1S/C15H19ClO3/c1-18-13-6-2-11(3-7-13)10-19-14-8-4-12(5-9-14)15(16)17/h2-3,6-7,12,14H,4-5,8-10H2,1H3/t12-,14-. The van der Waals surface area contributed by atoms with Gasteiger partial charge in [0.2, 0.25) is 5.24 Å². The number of rotatable bonds is 5. The van der Waals surface area contributed by atoms with Crippen LogP contribution < -0.4 is 4.74 Å². The molecule has 0 unspecified atom stereocenters. The lowest BCUT2D eigenvalue weighted by atomic mass is 9.88. The fourth-order valence-corrected chi connectivity index (χ4v) is 2.61. The maximum Gasteiger partial charge on any atom is 0.224 e. The summed E-state index contributed by atoms with van der Waals surface area (Å²) in [6.07, 6.45) is 3.76. The first-order valence-electron chi connectivity index (χ1n) is 6.63. The molecule has 0 aromatic heterocycles. The molecule has 1 aliphatic carbocycles. The molecule has 0 heterocycles. The largest absolute Gasteiger partial charge is 0.497 e. The average molecular weight is 283 g/mol. The molecule has 0 radical (unpaired) electrons. The van der Waals surface area contributed by atoms with Crippen molar-refractivity contribution in [2.75, 3.05) is 7.11 Å². The van der Waals surface area contributed by atoms with Gasteiger partial charge in [-0.1, -0.05) is 12.1 Å². The third kappa shape index (κ3) is 4.22. The van der Waals surface area contributed by atoms with Crippen molar-refractivity contribution in [2.24, 2.45) is 5.92 Å². The molecular formula is C15H19ClO3. The Hall–Kier alpha value is -1.06. The van der Waals surface area contributed by atoms with Gasteiger partial charge in [0.05, 0.1) is 19.8 Å². The number of hydrogen-bond acceptors (Lipinski definition) is 3. The van der Waals surface area contributed by atoms with Gasteiger partial charge < -0.3 is 9.47 Å². The van der Waals surface area contributed by atoms with Crippen LogP contribution in [0.4, 0.5) is 0 Å². The van der Waals surface area contributed by atoms with E-state index in [9.17, 15) is 4.79 Å². The molecule has 2 rings (SSSR count). The fraction of sp³-hybridized carbons (Fsp3) is 0.533. The van der Waals surface area contributed by atoms with Gasteiger partial charge in [0.25, 0.3) is 0 Å². The molecule has 4 heteroatoms. The predicted octanol–water partition coefficient (Wildman–Crippen LogP) is 3.54. The van der Waals surface area contributed by atoms with E-state index in [1.807, 2.05) is 24.3 Å². The molecule has 1 aliphatic rings. The minimum absolute atomic E-state index is 0.0301. The molecule has 104 valence electrons. The van der Waals surface area contributed by atoms with Crippen molar-refractivity contribution in [1.82, 2.24) is 0 Å². The van der Waals surface area contributed by atoms with Crippen molar-refractivity contribution in [3.05, 3.63) is 29.8 Å². The Morgan fingerprint density at radius 3 is 2.37 bits per heavy atom. The minimum atomic E-state index is -0.200. The summed E-state index contributed by atoms with van der Waals surface area (Å²) in [6.45, 7) is 0.605. The van der Waals surface area contributed by atoms with Gasteiger partial charge in [-0.3, -0.25) is 4.79 Å². The Morgan fingerprint density at radius 1 is 1.21 bits per heavy atom. The Bertz CT molecular complexity index is 408. The van der Waals surface area contributed by atoms with Crippen molar-refractivity contribution in [3.8, 4) is 5.75 Å². The van der Waals surface area contributed by atoms with Crippen molar-refractivity contribution in [1.29, 1.82) is 0 Å². The molecular weight excluding hydrogens is 264 g/mol. The summed E-state index contributed by atoms with van der Waals surface area (Å²) < 4.78 is 11.0. The number of hydrogen-bond donors (Lipinski definition) is 0. The number of benzene rings is 1. The highest BCUT2D eigenvalue weighted by Crippen LogP contribution is 2.28. The van der Waals surface area contributed by atoms with E-state index in [0.717, 1.165) is 37.0 Å². The number of halogens is 1. The van der Waals surface area contributed by atoms with Gasteiger partial charge in [-0.2, -0.15) is 0 Å². The third-order valence-corrected chi connectivity index (χ3v) is 3.95. The fourth-order valence-electron chi connectivity index (χ4n) is 2.39. The van der Waals surface area contributed by atoms with Crippen molar-refractivity contribution < 1.29 is 14.3 Å². The van der Waals surface area contributed by atoms with E-state index in [-0.39, 0.29) is 17.3 Å². The molecule has 0 N–H and O–H groups in total. The van der Waals surface area contributed by atoms with Gasteiger partial charge in [0, 0.05) is 5.92 Å². The zero-order chi connectivity index (χ0) is 13.7. The summed E-state index contributed by atoms with van der Waals surface area (Å²) in [5.74, 6) is 0.882. The molecule has 1 saturated carbocycles. The first-order valence-corrected chi connectivity index (χ1v) is 7.00. The molecule has 19 heavy (non-hydrogen) atoms. The highest BCUT2D eigenvalue weighted by Gasteiger charge is 2.25. The summed E-state index contributed by atoms with van der Waals surface area (Å²) in [5, 5.41) is -0.200. The molecule has 0 bridgehead atoms. The highest BCUT2D eigenvalue weighted by atomic mass is 35.5. The summed E-state index contributed by atoms with van der Waals surface area (Å²) in [4.78, 5) is 11.1.